The molecule has 0 spiro atoms. The molecule has 0 aromatic heterocycles. The van der Waals surface area contributed by atoms with E-state index in [0.29, 0.717) is 12.1 Å². The van der Waals surface area contributed by atoms with Gasteiger partial charge < -0.3 is 10.6 Å². The molecule has 1 amide bonds. The maximum Gasteiger partial charge on any atom is 0.251 e. The average Bonchev–Trinajstić information content (AvgIpc) is 2.64. The molecule has 1 aliphatic heterocycles. The maximum absolute atomic E-state index is 13.5. The molecule has 4 nitrogen and oxygen atoms in total. The quantitative estimate of drug-likeness (QED) is 0.895. The minimum absolute atomic E-state index is 0.0615. The van der Waals surface area contributed by atoms with Crippen molar-refractivity contribution in [2.24, 2.45) is 0 Å². The van der Waals surface area contributed by atoms with Crippen LogP contribution in [0.15, 0.2) is 42.5 Å². The molecule has 2 aromatic carbocycles. The third-order valence-corrected chi connectivity index (χ3v) is 4.48. The summed E-state index contributed by atoms with van der Waals surface area (Å²) in [7, 11) is 1.60. The van der Waals surface area contributed by atoms with E-state index >= 15 is 0 Å². The van der Waals surface area contributed by atoms with Crippen LogP contribution in [0, 0.1) is 11.6 Å². The summed E-state index contributed by atoms with van der Waals surface area (Å²) in [5, 5.41) is 5.98. The summed E-state index contributed by atoms with van der Waals surface area (Å²) >= 11 is 0. The minimum atomic E-state index is -0.834. The number of carbonyl (C=O) groups is 1. The number of piperazine rings is 1. The van der Waals surface area contributed by atoms with Crippen molar-refractivity contribution in [2.45, 2.75) is 12.6 Å². The Hall–Kier alpha value is -2.31. The van der Waals surface area contributed by atoms with Gasteiger partial charge in [0.1, 0.15) is 0 Å². The van der Waals surface area contributed by atoms with Gasteiger partial charge in [-0.25, -0.2) is 8.78 Å². The van der Waals surface area contributed by atoms with Crippen molar-refractivity contribution in [3.8, 4) is 0 Å². The summed E-state index contributed by atoms with van der Waals surface area (Å²) < 4.78 is 26.6. The molecule has 0 unspecified atom stereocenters. The molecule has 1 aliphatic rings. The second-order valence-electron chi connectivity index (χ2n) is 6.14. The van der Waals surface area contributed by atoms with Crippen molar-refractivity contribution in [1.82, 2.24) is 15.5 Å². The highest BCUT2D eigenvalue weighted by atomic mass is 19.2. The first-order chi connectivity index (χ1) is 12.1. The molecule has 3 rings (SSSR count). The van der Waals surface area contributed by atoms with Crippen molar-refractivity contribution >= 4 is 5.91 Å². The van der Waals surface area contributed by atoms with Gasteiger partial charge in [0.2, 0.25) is 0 Å². The van der Waals surface area contributed by atoms with E-state index in [4.69, 9.17) is 0 Å². The van der Waals surface area contributed by atoms with Gasteiger partial charge in [0.25, 0.3) is 5.91 Å². The van der Waals surface area contributed by atoms with Crippen molar-refractivity contribution in [3.05, 3.63) is 70.8 Å². The Morgan fingerprint density at radius 3 is 2.84 bits per heavy atom. The molecule has 2 aromatic rings. The fraction of sp³-hybridized carbons (Fsp3) is 0.316. The lowest BCUT2D eigenvalue weighted by Crippen LogP contribution is -2.45. The van der Waals surface area contributed by atoms with Crippen LogP contribution in [0.3, 0.4) is 0 Å². The fourth-order valence-electron chi connectivity index (χ4n) is 3.17. The monoisotopic (exact) mass is 345 g/mol. The summed E-state index contributed by atoms with van der Waals surface area (Å²) in [5.74, 6) is -1.79. The third-order valence-electron chi connectivity index (χ3n) is 4.48. The first-order valence-electron chi connectivity index (χ1n) is 8.29. The molecule has 0 radical (unpaired) electrons. The van der Waals surface area contributed by atoms with Gasteiger partial charge in [0, 0.05) is 44.8 Å². The van der Waals surface area contributed by atoms with Crippen molar-refractivity contribution < 1.29 is 13.6 Å². The summed E-state index contributed by atoms with van der Waals surface area (Å²) in [5.41, 5.74) is 2.36. The Labute approximate surface area is 145 Å². The van der Waals surface area contributed by atoms with Crippen LogP contribution in [-0.4, -0.2) is 37.5 Å². The summed E-state index contributed by atoms with van der Waals surface area (Å²) in [6.07, 6.45) is 0. The largest absolute Gasteiger partial charge is 0.355 e. The van der Waals surface area contributed by atoms with E-state index in [2.05, 4.69) is 15.5 Å². The number of nitrogens with zero attached hydrogens (tertiary/aromatic N) is 1. The number of carbonyl (C=O) groups excluding carboxylic acids is 1. The highest BCUT2D eigenvalue weighted by Crippen LogP contribution is 2.25. The summed E-state index contributed by atoms with van der Waals surface area (Å²) in [6, 6.07) is 11.6. The van der Waals surface area contributed by atoms with Crippen molar-refractivity contribution in [2.75, 3.05) is 26.7 Å². The van der Waals surface area contributed by atoms with Crippen LogP contribution in [-0.2, 0) is 6.54 Å². The lowest BCUT2D eigenvalue weighted by atomic mass is 9.99. The van der Waals surface area contributed by atoms with Crippen LogP contribution in [0.4, 0.5) is 8.78 Å². The molecule has 1 fully saturated rings. The van der Waals surface area contributed by atoms with Gasteiger partial charge in [-0.2, -0.15) is 0 Å². The Balaban J connectivity index is 1.83. The van der Waals surface area contributed by atoms with Gasteiger partial charge in [-0.05, 0) is 35.4 Å². The fourth-order valence-corrected chi connectivity index (χ4v) is 3.17. The zero-order chi connectivity index (χ0) is 17.8. The predicted octanol–water partition coefficient (Wildman–Crippen LogP) is 2.47. The van der Waals surface area contributed by atoms with Gasteiger partial charge >= 0.3 is 0 Å². The van der Waals surface area contributed by atoms with Crippen LogP contribution in [0.5, 0.6) is 0 Å². The number of rotatable bonds is 4. The zero-order valence-electron chi connectivity index (χ0n) is 14.1. The number of amides is 1. The zero-order valence-corrected chi connectivity index (χ0v) is 14.1. The molecule has 25 heavy (non-hydrogen) atoms. The highest BCUT2D eigenvalue weighted by Gasteiger charge is 2.24. The Morgan fingerprint density at radius 1 is 1.24 bits per heavy atom. The number of hydrogen-bond acceptors (Lipinski definition) is 3. The lowest BCUT2D eigenvalue weighted by Gasteiger charge is -2.36. The molecular weight excluding hydrogens is 324 g/mol. The van der Waals surface area contributed by atoms with Gasteiger partial charge in [-0.3, -0.25) is 9.69 Å². The standard InChI is InChI=1S/C19H21F2N3O/c1-22-19(25)15-4-2-3-14(10-15)18-11-23-7-8-24(18)12-13-5-6-16(20)17(21)9-13/h2-6,9-10,18,23H,7-8,11-12H2,1H3,(H,22,25)/t18-/m0/s1. The van der Waals surface area contributed by atoms with E-state index in [1.807, 2.05) is 18.2 Å². The predicted molar refractivity (Wildman–Crippen MR) is 92.2 cm³/mol. The third kappa shape index (κ3) is 4.03. The van der Waals surface area contributed by atoms with E-state index in [0.717, 1.165) is 36.8 Å². The molecular formula is C19H21F2N3O. The van der Waals surface area contributed by atoms with E-state index < -0.39 is 11.6 Å². The molecule has 0 bridgehead atoms. The van der Waals surface area contributed by atoms with Crippen LogP contribution in [0.25, 0.3) is 0 Å². The number of nitrogens with one attached hydrogen (secondary N) is 2. The SMILES string of the molecule is CNC(=O)c1cccc([C@@H]2CNCCN2Cc2ccc(F)c(F)c2)c1. The molecule has 1 atom stereocenters. The smallest absolute Gasteiger partial charge is 0.251 e. The second-order valence-corrected chi connectivity index (χ2v) is 6.14. The first kappa shape index (κ1) is 17.5. The Bertz CT molecular complexity index is 766. The van der Waals surface area contributed by atoms with E-state index in [1.54, 1.807) is 19.2 Å². The number of halogens is 2. The average molecular weight is 345 g/mol. The first-order valence-corrected chi connectivity index (χ1v) is 8.29. The Morgan fingerprint density at radius 2 is 2.08 bits per heavy atom. The normalized spacial score (nSPS) is 18.1. The molecule has 0 aliphatic carbocycles. The van der Waals surface area contributed by atoms with E-state index in [1.165, 1.54) is 6.07 Å². The molecule has 1 heterocycles. The molecule has 0 saturated carbocycles. The van der Waals surface area contributed by atoms with Crippen LogP contribution >= 0.6 is 0 Å². The van der Waals surface area contributed by atoms with Gasteiger partial charge in [-0.15, -0.1) is 0 Å². The van der Waals surface area contributed by atoms with E-state index in [-0.39, 0.29) is 11.9 Å². The number of hydrogen-bond donors (Lipinski definition) is 2. The van der Waals surface area contributed by atoms with Crippen LogP contribution < -0.4 is 10.6 Å². The van der Waals surface area contributed by atoms with Gasteiger partial charge in [0.05, 0.1) is 0 Å². The van der Waals surface area contributed by atoms with Crippen molar-refractivity contribution in [1.29, 1.82) is 0 Å². The molecule has 2 N–H and O–H groups in total. The summed E-state index contributed by atoms with van der Waals surface area (Å²) in [4.78, 5) is 14.1. The van der Waals surface area contributed by atoms with Gasteiger partial charge in [-0.1, -0.05) is 18.2 Å². The van der Waals surface area contributed by atoms with Crippen molar-refractivity contribution in [3.63, 3.8) is 0 Å². The highest BCUT2D eigenvalue weighted by molar-refractivity contribution is 5.94. The molecule has 132 valence electrons. The number of benzene rings is 2. The van der Waals surface area contributed by atoms with Crippen LogP contribution in [0.2, 0.25) is 0 Å². The topological polar surface area (TPSA) is 44.4 Å². The molecule has 1 saturated heterocycles. The second kappa shape index (κ2) is 7.72. The van der Waals surface area contributed by atoms with Crippen LogP contribution in [0.1, 0.15) is 27.5 Å². The summed E-state index contributed by atoms with van der Waals surface area (Å²) in [6.45, 7) is 2.87. The molecule has 6 heteroatoms. The maximum atomic E-state index is 13.5. The Kier molecular flexibility index (Phi) is 5.40. The minimum Gasteiger partial charge on any atom is -0.355 e. The van der Waals surface area contributed by atoms with E-state index in [9.17, 15) is 13.6 Å². The van der Waals surface area contributed by atoms with Gasteiger partial charge in [0.15, 0.2) is 11.6 Å². The lowest BCUT2D eigenvalue weighted by molar-refractivity contribution is 0.0962.